The van der Waals surface area contributed by atoms with Crippen molar-refractivity contribution in [2.75, 3.05) is 10.6 Å². The van der Waals surface area contributed by atoms with Crippen LogP contribution in [0.25, 0.3) is 11.9 Å². The zero-order valence-electron chi connectivity index (χ0n) is 33.0. The fraction of sp³-hybridized carbons (Fsp3) is 0.553. The van der Waals surface area contributed by atoms with Crippen LogP contribution in [-0.2, 0) is 27.5 Å². The van der Waals surface area contributed by atoms with Crippen LogP contribution >= 0.6 is 34.8 Å². The van der Waals surface area contributed by atoms with E-state index in [2.05, 4.69) is 45.5 Å². The van der Waals surface area contributed by atoms with Gasteiger partial charge < -0.3 is 30.9 Å². The molecule has 62 heavy (non-hydrogen) atoms. The molecule has 4 saturated carbocycles. The van der Waals surface area contributed by atoms with Gasteiger partial charge in [-0.25, -0.2) is 46.5 Å². The lowest BCUT2D eigenvalue weighted by Gasteiger charge is -2.29. The summed E-state index contributed by atoms with van der Waals surface area (Å²) in [6.07, 6.45) is 9.33. The number of nitrogens with zero attached hydrogens (tertiary/aromatic N) is 9. The van der Waals surface area contributed by atoms with Crippen LogP contribution in [0, 0.1) is 11.5 Å². The van der Waals surface area contributed by atoms with Gasteiger partial charge >= 0.3 is 12.1 Å². The highest BCUT2D eigenvalue weighted by atomic mass is 35.6. The average molecular weight is 930 g/mol. The van der Waals surface area contributed by atoms with Crippen LogP contribution in [0.15, 0.2) is 36.7 Å². The molecule has 0 aromatic carbocycles. The molecule has 0 saturated heterocycles. The number of nitrogens with one attached hydrogen (secondary N) is 2. The lowest BCUT2D eigenvalue weighted by atomic mass is 9.92. The van der Waals surface area contributed by atoms with Crippen LogP contribution in [0.1, 0.15) is 112 Å². The van der Waals surface area contributed by atoms with Crippen molar-refractivity contribution in [1.82, 2.24) is 39.5 Å². The van der Waals surface area contributed by atoms with Crippen molar-refractivity contribution in [3.05, 3.63) is 59.4 Å². The fourth-order valence-electron chi connectivity index (χ4n) is 6.60. The molecule has 4 aromatic rings. The summed E-state index contributed by atoms with van der Waals surface area (Å²) in [5, 5.41) is 32.6. The van der Waals surface area contributed by atoms with Crippen LogP contribution in [0.5, 0.6) is 0 Å². The van der Waals surface area contributed by atoms with Gasteiger partial charge in [0.15, 0.2) is 0 Å². The van der Waals surface area contributed by atoms with E-state index in [0.29, 0.717) is 72.4 Å². The molecule has 4 heterocycles. The maximum Gasteiger partial charge on any atom is 0.404 e. The van der Waals surface area contributed by atoms with Crippen molar-refractivity contribution in [1.29, 1.82) is 5.26 Å². The highest BCUT2D eigenvalue weighted by Crippen LogP contribution is 2.40. The average Bonchev–Trinajstić information content (AvgIpc) is 4.16. The summed E-state index contributed by atoms with van der Waals surface area (Å²) in [7, 11) is 0. The molecule has 4 aromatic heterocycles. The van der Waals surface area contributed by atoms with Gasteiger partial charge in [0, 0.05) is 74.1 Å². The first-order valence-electron chi connectivity index (χ1n) is 19.8. The molecule has 0 unspecified atom stereocenters. The van der Waals surface area contributed by atoms with Crippen LogP contribution < -0.4 is 16.4 Å². The van der Waals surface area contributed by atoms with E-state index in [0.717, 1.165) is 43.3 Å². The minimum atomic E-state index is -2.59. The Hall–Kier alpha value is -5.04. The van der Waals surface area contributed by atoms with Crippen LogP contribution in [0.4, 0.5) is 34.0 Å². The molecule has 4 aliphatic rings. The second-order valence-corrected chi connectivity index (χ2v) is 17.6. The summed E-state index contributed by atoms with van der Waals surface area (Å²) in [4.78, 5) is 38.8. The Bertz CT molecular complexity index is 2210. The molecule has 8 rings (SSSR count). The van der Waals surface area contributed by atoms with Crippen molar-refractivity contribution in [2.45, 2.75) is 130 Å². The normalized spacial score (nSPS) is 18.5. The number of hydrogen-bond acceptors (Lipinski definition) is 14. The number of ether oxygens (including phenoxy) is 2. The molecule has 334 valence electrons. The van der Waals surface area contributed by atoms with E-state index < -0.39 is 27.7 Å². The molecule has 0 bridgehead atoms. The Balaban J connectivity index is 0.000000174. The quantitative estimate of drug-likeness (QED) is 0.0493. The molecule has 1 amide bonds. The predicted molar refractivity (Wildman–Crippen MR) is 216 cm³/mol. The highest BCUT2D eigenvalue weighted by molar-refractivity contribution is 6.75. The second-order valence-electron chi connectivity index (χ2n) is 15.3. The van der Waals surface area contributed by atoms with Gasteiger partial charge in [0.2, 0.25) is 11.8 Å². The monoisotopic (exact) mass is 928 g/mol. The molecule has 4 fully saturated rings. The summed E-state index contributed by atoms with van der Waals surface area (Å²) in [6, 6.07) is 7.03. The second kappa shape index (κ2) is 20.0. The van der Waals surface area contributed by atoms with Gasteiger partial charge in [0.05, 0.1) is 29.4 Å². The molecular formula is C38H43Cl3F4N12O5. The van der Waals surface area contributed by atoms with E-state index in [-0.39, 0.29) is 51.0 Å². The van der Waals surface area contributed by atoms with Crippen molar-refractivity contribution in [3.8, 4) is 18.2 Å². The Kier molecular flexibility index (Phi) is 15.0. The van der Waals surface area contributed by atoms with Gasteiger partial charge in [-0.3, -0.25) is 0 Å². The number of nitrogens with two attached hydrogens (primary N) is 1. The first-order valence-corrected chi connectivity index (χ1v) is 20.9. The Morgan fingerprint density at radius 2 is 1.23 bits per heavy atom. The molecule has 0 atom stereocenters. The number of alkyl halides is 7. The van der Waals surface area contributed by atoms with Crippen molar-refractivity contribution < 1.29 is 41.7 Å². The van der Waals surface area contributed by atoms with Crippen LogP contribution in [-0.4, -0.2) is 84.4 Å². The summed E-state index contributed by atoms with van der Waals surface area (Å²) < 4.78 is 62.9. The molecule has 0 spiro atoms. The Morgan fingerprint density at radius 3 is 1.60 bits per heavy atom. The van der Waals surface area contributed by atoms with Crippen molar-refractivity contribution in [3.63, 3.8) is 0 Å². The minimum Gasteiger partial charge on any atom is -0.443 e. The number of halogens is 7. The number of aliphatic hydroxyl groups excluding tert-OH is 1. The SMILES string of the molecule is N#COC(=O)C(Cl)(Cl)Cl.NC(=O)OCc1cc(NC2CCC(F)(F)CC2)nc(-n2ccc(C3CC3)n2)n1.OCc1cc(NC2CCC(F)(F)CC2)nc(-n2ccc(C3CC3)n2)n1. The molecular weight excluding hydrogens is 887 g/mol. The van der Waals surface area contributed by atoms with Crippen molar-refractivity contribution in [2.24, 2.45) is 5.73 Å². The van der Waals surface area contributed by atoms with E-state index in [1.165, 1.54) is 0 Å². The summed E-state index contributed by atoms with van der Waals surface area (Å²) in [5.74, 6) is -3.62. The number of hydrogen-bond donors (Lipinski definition) is 4. The number of nitriles is 1. The number of aliphatic hydroxyl groups is 1. The van der Waals surface area contributed by atoms with E-state index in [4.69, 9.17) is 50.5 Å². The molecule has 0 radical (unpaired) electrons. The van der Waals surface area contributed by atoms with Crippen LogP contribution in [0.2, 0.25) is 0 Å². The largest absolute Gasteiger partial charge is 0.443 e. The lowest BCUT2D eigenvalue weighted by molar-refractivity contribution is -0.135. The summed E-state index contributed by atoms with van der Waals surface area (Å²) in [5.41, 5.74) is 7.97. The molecule has 24 heteroatoms. The van der Waals surface area contributed by atoms with E-state index in [1.54, 1.807) is 27.7 Å². The fourth-order valence-corrected chi connectivity index (χ4v) is 6.71. The van der Waals surface area contributed by atoms with Gasteiger partial charge in [-0.15, -0.1) is 5.26 Å². The van der Waals surface area contributed by atoms with Gasteiger partial charge in [-0.2, -0.15) is 20.2 Å². The number of carbonyl (C=O) groups is 2. The third-order valence-corrected chi connectivity index (χ3v) is 10.7. The third-order valence-electron chi connectivity index (χ3n) is 10.2. The zero-order valence-corrected chi connectivity index (χ0v) is 35.3. The smallest absolute Gasteiger partial charge is 0.404 e. The predicted octanol–water partition coefficient (Wildman–Crippen LogP) is 7.53. The molecule has 17 nitrogen and oxygen atoms in total. The standard InChI is InChI=1S/C18H22F2N6O2.C17H21F2N5O.C3Cl3NO2/c19-18(20)6-3-12(4-7-18)22-15-9-13(10-28-16(21)27)23-17(24-15)26-8-5-14(25-26)11-1-2-11;18-17(19)6-3-12(4-7-17)20-15-9-13(10-25)21-16(22-15)24-8-5-14(23-24)11-1-2-11;4-3(5,6)2(8)9-1-7/h5,8-9,11-12H,1-4,6-7,10H2,(H2,21,27)(H,22,23,24);5,8-9,11-12,25H,1-4,6-7,10H2,(H,20,21,22);. The van der Waals surface area contributed by atoms with E-state index in [9.17, 15) is 32.3 Å². The Labute approximate surface area is 367 Å². The van der Waals surface area contributed by atoms with Crippen molar-refractivity contribution >= 4 is 58.5 Å². The zero-order chi connectivity index (χ0) is 44.7. The lowest BCUT2D eigenvalue weighted by Crippen LogP contribution is -2.32. The first kappa shape index (κ1) is 46.5. The number of amides is 1. The van der Waals surface area contributed by atoms with Gasteiger partial charge in [0.25, 0.3) is 21.9 Å². The highest BCUT2D eigenvalue weighted by Gasteiger charge is 2.36. The number of esters is 1. The third kappa shape index (κ3) is 14.0. The van der Waals surface area contributed by atoms with E-state index >= 15 is 0 Å². The minimum absolute atomic E-state index is 0.0476. The number of carbonyl (C=O) groups excluding carboxylic acids is 2. The first-order chi connectivity index (χ1) is 29.4. The van der Waals surface area contributed by atoms with Gasteiger partial charge in [-0.05, 0) is 63.5 Å². The van der Waals surface area contributed by atoms with E-state index in [1.807, 2.05) is 18.3 Å². The Morgan fingerprint density at radius 1 is 0.790 bits per heavy atom. The van der Waals surface area contributed by atoms with Gasteiger partial charge in [-0.1, -0.05) is 34.8 Å². The number of aromatic nitrogens is 8. The molecule has 5 N–H and O–H groups in total. The number of primary amides is 1. The summed E-state index contributed by atoms with van der Waals surface area (Å²) in [6.45, 7) is -0.331. The molecule has 0 aliphatic heterocycles. The molecule has 4 aliphatic carbocycles. The topological polar surface area (TPSA) is 234 Å². The number of rotatable bonds is 11. The number of anilines is 2. The van der Waals surface area contributed by atoms with Crippen LogP contribution in [0.3, 0.4) is 0 Å². The summed E-state index contributed by atoms with van der Waals surface area (Å²) >= 11 is 14.9. The maximum absolute atomic E-state index is 13.4. The maximum atomic E-state index is 13.4. The van der Waals surface area contributed by atoms with Gasteiger partial charge in [0.1, 0.15) is 18.2 Å².